The van der Waals surface area contributed by atoms with E-state index in [-0.39, 0.29) is 7.05 Å². The number of rotatable bonds is 4. The molecule has 3 rings (SSSR count). The minimum atomic E-state index is -0.00900. The van der Waals surface area contributed by atoms with Crippen LogP contribution in [-0.2, 0) is 4.65 Å². The van der Waals surface area contributed by atoms with Gasteiger partial charge in [-0.15, -0.1) is 0 Å². The lowest BCUT2D eigenvalue weighted by molar-refractivity contribution is 0.236. The van der Waals surface area contributed by atoms with Crippen molar-refractivity contribution in [3.63, 3.8) is 0 Å². The molecule has 0 saturated carbocycles. The highest BCUT2D eigenvalue weighted by Crippen LogP contribution is 2.30. The molecule has 1 saturated heterocycles. The van der Waals surface area contributed by atoms with E-state index < -0.39 is 0 Å². The average Bonchev–Trinajstić information content (AvgIpc) is 3.12. The molecule has 1 aliphatic rings. The van der Waals surface area contributed by atoms with Crippen LogP contribution in [-0.4, -0.2) is 30.6 Å². The van der Waals surface area contributed by atoms with Gasteiger partial charge in [0.15, 0.2) is 0 Å². The van der Waals surface area contributed by atoms with Crippen LogP contribution in [0.5, 0.6) is 0 Å². The Labute approximate surface area is 164 Å². The summed E-state index contributed by atoms with van der Waals surface area (Å²) in [6.07, 6.45) is 0.925. The molecule has 2 aromatic rings. The summed E-state index contributed by atoms with van der Waals surface area (Å²) < 4.78 is 6.21. The molecule has 3 heteroatoms. The largest absolute Gasteiger partial charge is 0.417 e. The van der Waals surface area contributed by atoms with E-state index in [0.29, 0.717) is 12.1 Å². The predicted octanol–water partition coefficient (Wildman–Crippen LogP) is 5.06. The Morgan fingerprint density at radius 1 is 0.926 bits per heavy atom. The van der Waals surface area contributed by atoms with Crippen LogP contribution in [0.25, 0.3) is 5.57 Å². The molecule has 1 heterocycles. The maximum absolute atomic E-state index is 6.21. The second-order valence-corrected chi connectivity index (χ2v) is 7.49. The average molecular weight is 357 g/mol. The molecule has 0 unspecified atom stereocenters. The van der Waals surface area contributed by atoms with Crippen LogP contribution < -0.4 is 0 Å². The molecular weight excluding hydrogens is 329 g/mol. The lowest BCUT2D eigenvalue weighted by Crippen LogP contribution is -2.49. The van der Waals surface area contributed by atoms with E-state index in [4.69, 9.17) is 4.65 Å². The monoisotopic (exact) mass is 357 g/mol. The quantitative estimate of drug-likeness (QED) is 0.560. The highest BCUT2D eigenvalue weighted by atomic mass is 16.4. The van der Waals surface area contributed by atoms with Crippen molar-refractivity contribution in [1.82, 2.24) is 4.81 Å². The van der Waals surface area contributed by atoms with Gasteiger partial charge in [-0.2, -0.15) is 0 Å². The van der Waals surface area contributed by atoms with Crippen LogP contribution in [0.2, 0.25) is 0 Å². The summed E-state index contributed by atoms with van der Waals surface area (Å²) in [5, 5.41) is 0. The SMILES string of the molecule is CC(C)N(B1OCC/C1=C(\C#Cc1ccccc1)c1ccccc1)C(C)C. The molecule has 0 spiro atoms. The van der Waals surface area contributed by atoms with Gasteiger partial charge in [-0.05, 0) is 41.7 Å². The first-order chi connectivity index (χ1) is 13.1. The highest BCUT2D eigenvalue weighted by molar-refractivity contribution is 6.60. The van der Waals surface area contributed by atoms with E-state index >= 15 is 0 Å². The zero-order valence-corrected chi connectivity index (χ0v) is 16.8. The minimum Gasteiger partial charge on any atom is -0.417 e. The van der Waals surface area contributed by atoms with E-state index in [9.17, 15) is 0 Å². The third-order valence-corrected chi connectivity index (χ3v) is 4.90. The molecule has 2 aromatic carbocycles. The van der Waals surface area contributed by atoms with Gasteiger partial charge in [-0.3, -0.25) is 0 Å². The lowest BCUT2D eigenvalue weighted by atomic mass is 9.66. The van der Waals surface area contributed by atoms with E-state index in [2.05, 4.69) is 80.7 Å². The molecule has 0 bridgehead atoms. The maximum atomic E-state index is 6.21. The van der Waals surface area contributed by atoms with Gasteiger partial charge in [-0.1, -0.05) is 88.1 Å². The summed E-state index contributed by atoms with van der Waals surface area (Å²) >= 11 is 0. The van der Waals surface area contributed by atoms with Crippen molar-refractivity contribution in [3.05, 3.63) is 77.3 Å². The number of allylic oxidation sites excluding steroid dienone is 1. The number of benzene rings is 2. The summed E-state index contributed by atoms with van der Waals surface area (Å²) in [5.41, 5.74) is 4.60. The van der Waals surface area contributed by atoms with Crippen molar-refractivity contribution in [2.24, 2.45) is 0 Å². The van der Waals surface area contributed by atoms with Gasteiger partial charge >= 0.3 is 7.05 Å². The fourth-order valence-electron chi connectivity index (χ4n) is 3.76. The van der Waals surface area contributed by atoms with E-state index in [1.54, 1.807) is 0 Å². The fraction of sp³-hybridized carbons (Fsp3) is 0.333. The van der Waals surface area contributed by atoms with Crippen LogP contribution in [0, 0.1) is 11.8 Å². The molecule has 27 heavy (non-hydrogen) atoms. The van der Waals surface area contributed by atoms with E-state index in [0.717, 1.165) is 24.2 Å². The second-order valence-electron chi connectivity index (χ2n) is 7.49. The van der Waals surface area contributed by atoms with E-state index in [1.807, 2.05) is 24.3 Å². The smallest absolute Gasteiger partial charge is 0.416 e. The molecule has 0 aliphatic carbocycles. The van der Waals surface area contributed by atoms with Crippen molar-refractivity contribution in [2.75, 3.05) is 6.61 Å². The van der Waals surface area contributed by atoms with Crippen LogP contribution >= 0.6 is 0 Å². The lowest BCUT2D eigenvalue weighted by Gasteiger charge is -2.34. The van der Waals surface area contributed by atoms with Crippen molar-refractivity contribution in [2.45, 2.75) is 46.2 Å². The van der Waals surface area contributed by atoms with Crippen molar-refractivity contribution < 1.29 is 4.65 Å². The Hall–Kier alpha value is -2.28. The maximum Gasteiger partial charge on any atom is 0.416 e. The highest BCUT2D eigenvalue weighted by Gasteiger charge is 2.38. The van der Waals surface area contributed by atoms with Crippen molar-refractivity contribution in [1.29, 1.82) is 0 Å². The molecule has 2 nitrogen and oxygen atoms in total. The van der Waals surface area contributed by atoms with Gasteiger partial charge in [-0.25, -0.2) is 0 Å². The molecule has 0 N–H and O–H groups in total. The Morgan fingerprint density at radius 3 is 2.11 bits per heavy atom. The summed E-state index contributed by atoms with van der Waals surface area (Å²) in [5.74, 6) is 6.84. The second kappa shape index (κ2) is 9.08. The summed E-state index contributed by atoms with van der Waals surface area (Å²) in [4.78, 5) is 2.44. The number of nitrogens with zero attached hydrogens (tertiary/aromatic N) is 1. The molecular formula is C24H28BNO. The first-order valence-electron chi connectivity index (χ1n) is 9.82. The molecule has 0 aromatic heterocycles. The molecule has 0 atom stereocenters. The molecule has 1 fully saturated rings. The third-order valence-electron chi connectivity index (χ3n) is 4.90. The number of hydrogen-bond donors (Lipinski definition) is 0. The van der Waals surface area contributed by atoms with Crippen LogP contribution in [0.4, 0.5) is 0 Å². The van der Waals surface area contributed by atoms with Crippen LogP contribution in [0.1, 0.15) is 45.2 Å². The van der Waals surface area contributed by atoms with Gasteiger partial charge in [0, 0.05) is 17.7 Å². The van der Waals surface area contributed by atoms with Crippen LogP contribution in [0.15, 0.2) is 66.1 Å². The van der Waals surface area contributed by atoms with Gasteiger partial charge in [0.05, 0.1) is 0 Å². The van der Waals surface area contributed by atoms with Crippen LogP contribution in [0.3, 0.4) is 0 Å². The van der Waals surface area contributed by atoms with Gasteiger partial charge in [0.25, 0.3) is 0 Å². The Bertz CT molecular complexity index is 823. The minimum absolute atomic E-state index is 0.00900. The van der Waals surface area contributed by atoms with E-state index in [1.165, 1.54) is 11.0 Å². The zero-order valence-electron chi connectivity index (χ0n) is 16.8. The summed E-state index contributed by atoms with van der Waals surface area (Å²) in [7, 11) is -0.00900. The Morgan fingerprint density at radius 2 is 1.52 bits per heavy atom. The molecule has 0 amide bonds. The summed E-state index contributed by atoms with van der Waals surface area (Å²) in [6.45, 7) is 9.68. The summed E-state index contributed by atoms with van der Waals surface area (Å²) in [6, 6.07) is 21.5. The molecule has 0 radical (unpaired) electrons. The normalized spacial score (nSPS) is 16.0. The van der Waals surface area contributed by atoms with Gasteiger partial charge in [0.1, 0.15) is 0 Å². The van der Waals surface area contributed by atoms with Crippen molar-refractivity contribution in [3.8, 4) is 11.8 Å². The zero-order chi connectivity index (χ0) is 19.2. The first-order valence-corrected chi connectivity index (χ1v) is 9.82. The Kier molecular flexibility index (Phi) is 6.56. The van der Waals surface area contributed by atoms with Gasteiger partial charge in [0.2, 0.25) is 0 Å². The standard InChI is InChI=1S/C24H28BNO/c1-19(2)26(20(3)4)25-24(17-18-27-25)23(22-13-9-6-10-14-22)16-15-21-11-7-5-8-12-21/h5-14,19-20H,17-18H2,1-4H3/b24-23-. The Balaban J connectivity index is 2.09. The van der Waals surface area contributed by atoms with Crippen molar-refractivity contribution >= 4 is 12.6 Å². The topological polar surface area (TPSA) is 12.5 Å². The predicted molar refractivity (Wildman–Crippen MR) is 115 cm³/mol. The van der Waals surface area contributed by atoms with Gasteiger partial charge < -0.3 is 9.47 Å². The fourth-order valence-corrected chi connectivity index (χ4v) is 3.76. The third kappa shape index (κ3) is 4.72. The number of hydrogen-bond acceptors (Lipinski definition) is 2. The first kappa shape index (κ1) is 19.5. The molecule has 1 aliphatic heterocycles. The molecule has 138 valence electrons.